The molecule has 0 atom stereocenters. The van der Waals surface area contributed by atoms with Crippen LogP contribution in [0.2, 0.25) is 0 Å². The van der Waals surface area contributed by atoms with Crippen LogP contribution in [0.4, 0.5) is 0 Å². The predicted molar refractivity (Wildman–Crippen MR) is 75.3 cm³/mol. The molecule has 0 aromatic heterocycles. The van der Waals surface area contributed by atoms with Crippen molar-refractivity contribution in [3.8, 4) is 0 Å². The van der Waals surface area contributed by atoms with Crippen LogP contribution in [0.1, 0.15) is 53.4 Å². The Bertz CT molecular complexity index is 400. The number of hydrogen-bond donors (Lipinski definition) is 1. The van der Waals surface area contributed by atoms with Crippen LogP contribution in [0.25, 0.3) is 0 Å². The zero-order valence-electron chi connectivity index (χ0n) is 12.8. The molecule has 1 aliphatic rings. The van der Waals surface area contributed by atoms with E-state index in [1.165, 1.54) is 0 Å². The van der Waals surface area contributed by atoms with Gasteiger partial charge < -0.3 is 4.74 Å². The summed E-state index contributed by atoms with van der Waals surface area (Å²) in [4.78, 5) is 0. The van der Waals surface area contributed by atoms with Crippen LogP contribution < -0.4 is 0 Å². The Morgan fingerprint density at radius 2 is 1.65 bits per heavy atom. The molecule has 0 bridgehead atoms. The Balaban J connectivity index is 2.38. The average molecular weight is 308 g/mol. The first-order valence-corrected chi connectivity index (χ1v) is 8.59. The third kappa shape index (κ3) is 5.29. The zero-order valence-corrected chi connectivity index (χ0v) is 13.6. The van der Waals surface area contributed by atoms with Crippen molar-refractivity contribution in [3.05, 3.63) is 0 Å². The smallest absolute Gasteiger partial charge is 0.264 e. The Morgan fingerprint density at radius 3 is 2.10 bits per heavy atom. The highest BCUT2D eigenvalue weighted by Gasteiger charge is 2.46. The molecule has 6 nitrogen and oxygen atoms in total. The van der Waals surface area contributed by atoms with E-state index in [1.807, 2.05) is 27.7 Å². The number of hydrogen-bond acceptors (Lipinski definition) is 4. The largest absolute Gasteiger partial charge is 0.378 e. The van der Waals surface area contributed by atoms with E-state index >= 15 is 0 Å². The van der Waals surface area contributed by atoms with Crippen molar-refractivity contribution in [2.45, 2.75) is 70.6 Å². The summed E-state index contributed by atoms with van der Waals surface area (Å²) in [5, 5.41) is 13.3. The van der Waals surface area contributed by atoms with Crippen LogP contribution in [0.5, 0.6) is 0 Å². The van der Waals surface area contributed by atoms with Crippen molar-refractivity contribution in [3.63, 3.8) is 0 Å². The first-order valence-electron chi connectivity index (χ1n) is 6.98. The lowest BCUT2D eigenvalue weighted by molar-refractivity contribution is -0.301. The van der Waals surface area contributed by atoms with Gasteiger partial charge in [-0.05, 0) is 53.4 Å². The highest BCUT2D eigenvalue weighted by atomic mass is 32.2. The van der Waals surface area contributed by atoms with Gasteiger partial charge in [0, 0.05) is 17.7 Å². The van der Waals surface area contributed by atoms with Crippen molar-refractivity contribution in [1.82, 2.24) is 5.06 Å². The van der Waals surface area contributed by atoms with Crippen molar-refractivity contribution in [2.75, 3.05) is 12.4 Å². The molecule has 1 saturated heterocycles. The topological polar surface area (TPSA) is 86.7 Å². The maximum absolute atomic E-state index is 12.2. The van der Waals surface area contributed by atoms with E-state index in [9.17, 15) is 13.6 Å². The Labute approximate surface area is 121 Å². The molecule has 0 amide bonds. The van der Waals surface area contributed by atoms with E-state index in [-0.39, 0.29) is 11.9 Å². The highest BCUT2D eigenvalue weighted by Crippen LogP contribution is 2.38. The monoisotopic (exact) mass is 308 g/mol. The molecular weight excluding hydrogens is 282 g/mol. The highest BCUT2D eigenvalue weighted by molar-refractivity contribution is 7.85. The van der Waals surface area contributed by atoms with Gasteiger partial charge in [0.15, 0.2) is 0 Å². The zero-order chi connectivity index (χ0) is 15.6. The molecule has 1 aliphatic heterocycles. The summed E-state index contributed by atoms with van der Waals surface area (Å²) < 4.78 is 35.6. The van der Waals surface area contributed by atoms with Gasteiger partial charge in [0.05, 0.1) is 11.9 Å². The van der Waals surface area contributed by atoms with Gasteiger partial charge in [-0.15, -0.1) is 10.3 Å². The third-order valence-electron chi connectivity index (χ3n) is 3.70. The van der Waals surface area contributed by atoms with Crippen LogP contribution >= 0.6 is 0 Å². The number of hydroxylamine groups is 2. The molecule has 0 saturated carbocycles. The van der Waals surface area contributed by atoms with Gasteiger partial charge in [0.1, 0.15) is 0 Å². The molecule has 7 heteroatoms. The number of nitrogens with zero attached hydrogens (tertiary/aromatic N) is 1. The number of rotatable bonds is 6. The molecule has 1 fully saturated rings. The van der Waals surface area contributed by atoms with E-state index in [1.54, 1.807) is 0 Å². The molecule has 119 valence electrons. The van der Waals surface area contributed by atoms with E-state index in [4.69, 9.17) is 9.29 Å². The maximum atomic E-state index is 12.2. The predicted octanol–water partition coefficient (Wildman–Crippen LogP) is 2.04. The lowest BCUT2D eigenvalue weighted by Gasteiger charge is -2.49. The first kappa shape index (κ1) is 17.8. The van der Waals surface area contributed by atoms with Gasteiger partial charge in [-0.2, -0.15) is 8.42 Å². The van der Waals surface area contributed by atoms with E-state index in [0.717, 1.165) is 5.06 Å². The fraction of sp³-hybridized carbons (Fsp3) is 1.00. The summed E-state index contributed by atoms with van der Waals surface area (Å²) in [5.74, 6) is -0.230. The maximum Gasteiger partial charge on any atom is 0.264 e. The minimum atomic E-state index is -3.88. The van der Waals surface area contributed by atoms with Gasteiger partial charge in [-0.25, -0.2) is 0 Å². The molecule has 1 rings (SSSR count). The van der Waals surface area contributed by atoms with Crippen molar-refractivity contribution in [1.29, 1.82) is 0 Å². The van der Waals surface area contributed by atoms with Crippen molar-refractivity contribution >= 4 is 10.1 Å². The van der Waals surface area contributed by atoms with Crippen LogP contribution in [0.3, 0.4) is 0 Å². The molecule has 0 unspecified atom stereocenters. The lowest BCUT2D eigenvalue weighted by atomic mass is 9.80. The van der Waals surface area contributed by atoms with Gasteiger partial charge in [0.2, 0.25) is 0 Å². The molecule has 1 radical (unpaired) electrons. The van der Waals surface area contributed by atoms with Crippen LogP contribution in [-0.4, -0.2) is 47.6 Å². The number of unbranched alkanes of at least 4 members (excludes halogenated alkanes) is 1. The SMILES string of the molecule is CC1(C)CC(OCCCCS(=O)(=O)O)CC(C)(C)N1[O]. The molecule has 1 N–H and O–H groups in total. The summed E-state index contributed by atoms with van der Waals surface area (Å²) in [6, 6.07) is 0. The molecule has 0 spiro atoms. The second kappa shape index (κ2) is 6.27. The van der Waals surface area contributed by atoms with Gasteiger partial charge >= 0.3 is 0 Å². The minimum Gasteiger partial charge on any atom is -0.378 e. The Morgan fingerprint density at radius 1 is 1.15 bits per heavy atom. The summed E-state index contributed by atoms with van der Waals surface area (Å²) >= 11 is 0. The summed E-state index contributed by atoms with van der Waals surface area (Å²) in [7, 11) is -3.88. The van der Waals surface area contributed by atoms with Crippen molar-refractivity contribution in [2.24, 2.45) is 0 Å². The minimum absolute atomic E-state index is 0.0101. The van der Waals surface area contributed by atoms with E-state index < -0.39 is 21.2 Å². The lowest BCUT2D eigenvalue weighted by Crippen LogP contribution is -2.59. The molecule has 0 aliphatic carbocycles. The quantitative estimate of drug-likeness (QED) is 0.599. The van der Waals surface area contributed by atoms with Crippen LogP contribution in [0, 0.1) is 0 Å². The van der Waals surface area contributed by atoms with Crippen LogP contribution in [0.15, 0.2) is 0 Å². The number of ether oxygens (including phenoxy) is 1. The number of piperidine rings is 1. The summed E-state index contributed by atoms with van der Waals surface area (Å²) in [6.45, 7) is 8.10. The van der Waals surface area contributed by atoms with E-state index in [0.29, 0.717) is 32.3 Å². The van der Waals surface area contributed by atoms with E-state index in [2.05, 4.69) is 0 Å². The second-order valence-electron chi connectivity index (χ2n) is 6.81. The fourth-order valence-corrected chi connectivity index (χ4v) is 3.49. The first-order chi connectivity index (χ1) is 8.94. The van der Waals surface area contributed by atoms with Gasteiger partial charge in [-0.3, -0.25) is 4.55 Å². The Kier molecular flexibility index (Phi) is 5.60. The normalized spacial score (nSPS) is 23.9. The van der Waals surface area contributed by atoms with Gasteiger partial charge in [0.25, 0.3) is 10.1 Å². The molecule has 20 heavy (non-hydrogen) atoms. The van der Waals surface area contributed by atoms with Crippen LogP contribution in [-0.2, 0) is 20.1 Å². The summed E-state index contributed by atoms with van der Waals surface area (Å²) in [6.07, 6.45) is 2.30. The molecule has 0 aromatic rings. The standard InChI is InChI=1S/C13H26NO5S/c1-12(2)9-11(10-13(3,4)14(12)15)19-7-5-6-8-20(16,17)18/h11H,5-10H2,1-4H3,(H,16,17,18). The Hall–Kier alpha value is -0.210. The van der Waals surface area contributed by atoms with Crippen molar-refractivity contribution < 1.29 is 22.9 Å². The molecule has 1 heterocycles. The average Bonchev–Trinajstić information content (AvgIpc) is 2.23. The molecule has 0 aromatic carbocycles. The molecular formula is C13H26NO5S. The summed E-state index contributed by atoms with van der Waals surface area (Å²) in [5.41, 5.74) is -0.915. The fourth-order valence-electron chi connectivity index (χ4n) is 2.93. The second-order valence-corrected chi connectivity index (χ2v) is 8.39. The third-order valence-corrected chi connectivity index (χ3v) is 4.51. The van der Waals surface area contributed by atoms with Gasteiger partial charge in [-0.1, -0.05) is 0 Å².